The molecule has 0 radical (unpaired) electrons. The van der Waals surface area contributed by atoms with Crippen molar-refractivity contribution in [2.24, 2.45) is 0 Å². The Morgan fingerprint density at radius 1 is 1.05 bits per heavy atom. The van der Waals surface area contributed by atoms with Gasteiger partial charge in [0.2, 0.25) is 0 Å². The molecule has 6 nitrogen and oxygen atoms in total. The number of benzene rings is 2. The van der Waals surface area contributed by atoms with Gasteiger partial charge >= 0.3 is 0 Å². The molecule has 1 amide bonds. The number of anilines is 1. The molecule has 3 aromatic rings. The number of carbonyl (C=O) groups is 1. The van der Waals surface area contributed by atoms with Crippen molar-refractivity contribution in [1.29, 1.82) is 5.26 Å². The Kier molecular flexibility index (Phi) is 7.86. The van der Waals surface area contributed by atoms with Crippen LogP contribution >= 0.6 is 24.0 Å². The molecule has 0 saturated carbocycles. The summed E-state index contributed by atoms with van der Waals surface area (Å²) in [7, 11) is 0. The van der Waals surface area contributed by atoms with Gasteiger partial charge in [0, 0.05) is 18.7 Å². The topological polar surface area (TPSA) is 78.1 Å². The van der Waals surface area contributed by atoms with Crippen LogP contribution in [0.5, 0.6) is 0 Å². The average molecular weight is 537 g/mol. The van der Waals surface area contributed by atoms with Gasteiger partial charge in [0.25, 0.3) is 11.5 Å². The average Bonchev–Trinajstić information content (AvgIpc) is 3.14. The molecule has 0 aliphatic carbocycles. The molecule has 0 bridgehead atoms. The van der Waals surface area contributed by atoms with Crippen molar-refractivity contribution in [2.45, 2.75) is 33.5 Å². The van der Waals surface area contributed by atoms with Crippen molar-refractivity contribution < 1.29 is 13.6 Å². The van der Waals surface area contributed by atoms with E-state index < -0.39 is 5.56 Å². The summed E-state index contributed by atoms with van der Waals surface area (Å²) in [5.41, 5.74) is 2.01. The first kappa shape index (κ1) is 26.3. The van der Waals surface area contributed by atoms with Crippen LogP contribution in [-0.4, -0.2) is 19.7 Å². The van der Waals surface area contributed by atoms with E-state index in [0.29, 0.717) is 26.2 Å². The van der Waals surface area contributed by atoms with Gasteiger partial charge < -0.3 is 5.32 Å². The van der Waals surface area contributed by atoms with Crippen LogP contribution in [0.2, 0.25) is 0 Å². The van der Waals surface area contributed by atoms with Gasteiger partial charge in [0.1, 0.15) is 33.4 Å². The van der Waals surface area contributed by atoms with E-state index in [0.717, 1.165) is 22.9 Å². The number of rotatable bonds is 7. The molecule has 4 rings (SSSR count). The lowest BCUT2D eigenvalue weighted by atomic mass is 10.0. The monoisotopic (exact) mass is 536 g/mol. The lowest BCUT2D eigenvalue weighted by molar-refractivity contribution is -0.122. The molecule has 188 valence electrons. The fourth-order valence-electron chi connectivity index (χ4n) is 3.98. The van der Waals surface area contributed by atoms with Crippen molar-refractivity contribution in [3.05, 3.63) is 103 Å². The molecule has 1 aromatic heterocycles. The Morgan fingerprint density at radius 2 is 1.65 bits per heavy atom. The smallest absolute Gasteiger partial charge is 0.270 e. The number of thiocarbonyl (C=S) groups is 1. The van der Waals surface area contributed by atoms with Gasteiger partial charge in [0.05, 0.1) is 11.4 Å². The number of amides is 1. The van der Waals surface area contributed by atoms with Gasteiger partial charge in [-0.1, -0.05) is 48.2 Å². The zero-order valence-electron chi connectivity index (χ0n) is 20.0. The van der Waals surface area contributed by atoms with Gasteiger partial charge in [-0.2, -0.15) is 5.26 Å². The summed E-state index contributed by atoms with van der Waals surface area (Å²) >= 11 is 6.56. The summed E-state index contributed by atoms with van der Waals surface area (Å²) in [5, 5.41) is 12.9. The van der Waals surface area contributed by atoms with Crippen molar-refractivity contribution in [3.63, 3.8) is 0 Å². The van der Waals surface area contributed by atoms with Crippen LogP contribution in [0.25, 0.3) is 6.08 Å². The number of pyridine rings is 1. The number of hydrogen-bond acceptors (Lipinski definition) is 6. The number of nitrogens with one attached hydrogen (secondary N) is 1. The third kappa shape index (κ3) is 5.48. The predicted octanol–water partition coefficient (Wildman–Crippen LogP) is 5.34. The third-order valence-corrected chi connectivity index (χ3v) is 7.35. The quantitative estimate of drug-likeness (QED) is 0.325. The molecule has 37 heavy (non-hydrogen) atoms. The Morgan fingerprint density at radius 3 is 2.22 bits per heavy atom. The van der Waals surface area contributed by atoms with E-state index in [9.17, 15) is 23.6 Å². The summed E-state index contributed by atoms with van der Waals surface area (Å²) in [4.78, 5) is 28.1. The molecule has 0 spiro atoms. The van der Waals surface area contributed by atoms with Crippen LogP contribution < -0.4 is 10.9 Å². The van der Waals surface area contributed by atoms with Crippen LogP contribution in [0.3, 0.4) is 0 Å². The molecule has 1 N–H and O–H groups in total. The largest absolute Gasteiger partial charge is 0.367 e. The zero-order chi connectivity index (χ0) is 26.7. The predicted molar refractivity (Wildman–Crippen MR) is 145 cm³/mol. The molecule has 0 atom stereocenters. The number of hydrogen-bond donors (Lipinski definition) is 1. The minimum atomic E-state index is -0.440. The number of carbonyl (C=O) groups excluding carboxylic acids is 1. The third-order valence-electron chi connectivity index (χ3n) is 5.97. The molecule has 1 aliphatic rings. The first-order valence-electron chi connectivity index (χ1n) is 11.4. The summed E-state index contributed by atoms with van der Waals surface area (Å²) in [6, 6.07) is 13.8. The molecule has 2 aromatic carbocycles. The molecule has 2 heterocycles. The number of nitrogens with zero attached hydrogens (tertiary/aromatic N) is 3. The molecule has 1 fully saturated rings. The van der Waals surface area contributed by atoms with Crippen LogP contribution in [0.15, 0.2) is 58.2 Å². The van der Waals surface area contributed by atoms with Gasteiger partial charge in [-0.05, 0) is 60.9 Å². The van der Waals surface area contributed by atoms with Gasteiger partial charge in [0.15, 0.2) is 0 Å². The number of halogens is 2. The minimum Gasteiger partial charge on any atom is -0.367 e. The second-order valence-electron chi connectivity index (χ2n) is 8.30. The van der Waals surface area contributed by atoms with E-state index in [-0.39, 0.29) is 42.7 Å². The molecular weight excluding hydrogens is 514 g/mol. The highest BCUT2D eigenvalue weighted by Gasteiger charge is 2.33. The van der Waals surface area contributed by atoms with E-state index in [1.54, 1.807) is 44.2 Å². The summed E-state index contributed by atoms with van der Waals surface area (Å²) in [5.74, 6) is -0.607. The Labute approximate surface area is 222 Å². The second kappa shape index (κ2) is 11.1. The molecular formula is C27H22F2N4O2S2. The first-order chi connectivity index (χ1) is 17.7. The van der Waals surface area contributed by atoms with Gasteiger partial charge in [-0.25, -0.2) is 8.78 Å². The van der Waals surface area contributed by atoms with Crippen molar-refractivity contribution >= 4 is 46.1 Å². The van der Waals surface area contributed by atoms with Gasteiger partial charge in [-0.15, -0.1) is 0 Å². The summed E-state index contributed by atoms with van der Waals surface area (Å²) in [6.07, 6.45) is 1.64. The SMILES string of the molecule is CCn1c(NCc2ccc(F)cc2)c(/C=C2/SC(=S)N(Cc3ccc(F)cc3)C2=O)c(C)c(C#N)c1=O. The van der Waals surface area contributed by atoms with E-state index in [2.05, 4.69) is 5.32 Å². The van der Waals surface area contributed by atoms with Crippen LogP contribution in [0.1, 0.15) is 34.7 Å². The van der Waals surface area contributed by atoms with Crippen LogP contribution in [-0.2, 0) is 24.4 Å². The molecule has 10 heteroatoms. The van der Waals surface area contributed by atoms with E-state index in [1.165, 1.54) is 33.7 Å². The van der Waals surface area contributed by atoms with E-state index in [1.807, 2.05) is 6.07 Å². The fraction of sp³-hybridized carbons (Fsp3) is 0.185. The Balaban J connectivity index is 1.74. The fourth-order valence-corrected chi connectivity index (χ4v) is 5.22. The number of thioether (sulfide) groups is 1. The van der Waals surface area contributed by atoms with Gasteiger partial charge in [-0.3, -0.25) is 19.1 Å². The second-order valence-corrected chi connectivity index (χ2v) is 9.97. The summed E-state index contributed by atoms with van der Waals surface area (Å²) < 4.78 is 28.4. The standard InChI is InChI=1S/C27H22F2N4O2S2/c1-3-32-24(31-14-17-4-8-19(28)9-5-17)21(16(2)22(13-30)25(32)34)12-23-26(35)33(27(36)37-23)15-18-6-10-20(29)11-7-18/h4-12,31H,3,14-15H2,1-2H3/b23-12+. The van der Waals surface area contributed by atoms with Crippen LogP contribution in [0, 0.1) is 29.9 Å². The van der Waals surface area contributed by atoms with E-state index in [4.69, 9.17) is 12.2 Å². The minimum absolute atomic E-state index is 0.0118. The van der Waals surface area contributed by atoms with Crippen molar-refractivity contribution in [1.82, 2.24) is 9.47 Å². The molecule has 1 aliphatic heterocycles. The van der Waals surface area contributed by atoms with E-state index >= 15 is 0 Å². The first-order valence-corrected chi connectivity index (χ1v) is 12.6. The normalized spacial score (nSPS) is 14.4. The maximum atomic E-state index is 13.3. The Bertz CT molecular complexity index is 1510. The number of nitriles is 1. The highest BCUT2D eigenvalue weighted by Crippen LogP contribution is 2.36. The summed E-state index contributed by atoms with van der Waals surface area (Å²) in [6.45, 7) is 4.21. The highest BCUT2D eigenvalue weighted by atomic mass is 32.2. The lowest BCUT2D eigenvalue weighted by Crippen LogP contribution is -2.28. The maximum absolute atomic E-state index is 13.3. The molecule has 0 unspecified atom stereocenters. The van der Waals surface area contributed by atoms with Crippen molar-refractivity contribution in [3.8, 4) is 6.07 Å². The Hall–Kier alpha value is -3.81. The maximum Gasteiger partial charge on any atom is 0.270 e. The zero-order valence-corrected chi connectivity index (χ0v) is 21.7. The number of aromatic nitrogens is 1. The lowest BCUT2D eigenvalue weighted by Gasteiger charge is -2.19. The molecule has 1 saturated heterocycles. The van der Waals surface area contributed by atoms with Crippen LogP contribution in [0.4, 0.5) is 14.6 Å². The van der Waals surface area contributed by atoms with Crippen molar-refractivity contribution in [2.75, 3.05) is 5.32 Å². The highest BCUT2D eigenvalue weighted by molar-refractivity contribution is 8.26.